The molecule has 7 nitrogen and oxygen atoms in total. The summed E-state index contributed by atoms with van der Waals surface area (Å²) < 4.78 is 30.2. The predicted molar refractivity (Wildman–Crippen MR) is 70.2 cm³/mol. The number of aliphatic carboxylic acids is 1. The highest BCUT2D eigenvalue weighted by molar-refractivity contribution is 7.89. The molecule has 1 atom stereocenters. The lowest BCUT2D eigenvalue weighted by atomic mass is 10.2. The molecule has 0 bridgehead atoms. The van der Waals surface area contributed by atoms with Crippen molar-refractivity contribution in [3.8, 4) is 0 Å². The molecule has 1 aromatic carbocycles. The van der Waals surface area contributed by atoms with Crippen LogP contribution in [0.3, 0.4) is 0 Å². The summed E-state index contributed by atoms with van der Waals surface area (Å²) in [6.45, 7) is 1.18. The second kappa shape index (κ2) is 6.21. The maximum Gasteiger partial charge on any atom is 0.339 e. The summed E-state index contributed by atoms with van der Waals surface area (Å²) in [4.78, 5) is 21.7. The summed E-state index contributed by atoms with van der Waals surface area (Å²) >= 11 is 5.80. The number of sulfonamides is 1. The van der Waals surface area contributed by atoms with Crippen molar-refractivity contribution in [3.05, 3.63) is 28.8 Å². The minimum Gasteiger partial charge on any atom is -0.480 e. The minimum atomic E-state index is -4.04. The molecule has 0 fully saturated rings. The van der Waals surface area contributed by atoms with Crippen LogP contribution >= 0.6 is 11.6 Å². The van der Waals surface area contributed by atoms with Crippen molar-refractivity contribution in [2.75, 3.05) is 7.11 Å². The van der Waals surface area contributed by atoms with Crippen molar-refractivity contribution in [2.24, 2.45) is 0 Å². The molecule has 1 rings (SSSR count). The van der Waals surface area contributed by atoms with E-state index in [1.54, 1.807) is 0 Å². The van der Waals surface area contributed by atoms with Gasteiger partial charge in [0.1, 0.15) is 6.04 Å². The lowest BCUT2D eigenvalue weighted by Gasteiger charge is -2.11. The third-order valence-corrected chi connectivity index (χ3v) is 4.21. The first-order chi connectivity index (χ1) is 9.19. The molecular weight excluding hydrogens is 310 g/mol. The molecule has 0 saturated heterocycles. The molecule has 0 heterocycles. The summed E-state index contributed by atoms with van der Waals surface area (Å²) in [5.74, 6) is -2.02. The number of benzene rings is 1. The van der Waals surface area contributed by atoms with Gasteiger partial charge in [0.2, 0.25) is 10.0 Å². The van der Waals surface area contributed by atoms with Gasteiger partial charge in [0.05, 0.1) is 22.6 Å². The highest BCUT2D eigenvalue weighted by Crippen LogP contribution is 2.21. The van der Waals surface area contributed by atoms with Crippen LogP contribution in [0.25, 0.3) is 0 Å². The number of carbonyl (C=O) groups excluding carboxylic acids is 1. The van der Waals surface area contributed by atoms with Gasteiger partial charge in [0.15, 0.2) is 0 Å². The zero-order valence-electron chi connectivity index (χ0n) is 10.6. The van der Waals surface area contributed by atoms with Crippen LogP contribution in [-0.4, -0.2) is 38.6 Å². The van der Waals surface area contributed by atoms with Crippen molar-refractivity contribution < 1.29 is 27.9 Å². The molecule has 0 spiro atoms. The second-order valence-electron chi connectivity index (χ2n) is 3.81. The zero-order valence-corrected chi connectivity index (χ0v) is 12.2. The summed E-state index contributed by atoms with van der Waals surface area (Å²) in [5.41, 5.74) is 0.0133. The van der Waals surface area contributed by atoms with Crippen LogP contribution in [0.1, 0.15) is 17.3 Å². The molecule has 110 valence electrons. The molecule has 2 N–H and O–H groups in total. The Labute approximate surface area is 120 Å². The van der Waals surface area contributed by atoms with E-state index in [1.165, 1.54) is 20.1 Å². The zero-order chi connectivity index (χ0) is 15.5. The summed E-state index contributed by atoms with van der Waals surface area (Å²) in [6.07, 6.45) is 0. The Bertz CT molecular complexity index is 642. The molecule has 0 aromatic heterocycles. The van der Waals surface area contributed by atoms with E-state index in [1.807, 2.05) is 4.72 Å². The molecule has 20 heavy (non-hydrogen) atoms. The molecule has 0 aliphatic heterocycles. The number of hydrogen-bond donors (Lipinski definition) is 2. The third-order valence-electron chi connectivity index (χ3n) is 2.36. The molecule has 0 aliphatic carbocycles. The molecule has 0 aliphatic rings. The van der Waals surface area contributed by atoms with Gasteiger partial charge in [0.25, 0.3) is 0 Å². The van der Waals surface area contributed by atoms with Crippen molar-refractivity contribution in [1.82, 2.24) is 4.72 Å². The number of carboxylic acids is 1. The van der Waals surface area contributed by atoms with Gasteiger partial charge in [-0.15, -0.1) is 0 Å². The Hall–Kier alpha value is -1.64. The highest BCUT2D eigenvalue weighted by Gasteiger charge is 2.23. The number of hydrogen-bond acceptors (Lipinski definition) is 5. The van der Waals surface area contributed by atoms with E-state index in [4.69, 9.17) is 16.7 Å². The number of halogens is 1. The maximum absolute atomic E-state index is 11.9. The van der Waals surface area contributed by atoms with Crippen LogP contribution in [0.2, 0.25) is 5.02 Å². The van der Waals surface area contributed by atoms with E-state index in [9.17, 15) is 18.0 Å². The summed E-state index contributed by atoms with van der Waals surface area (Å²) in [7, 11) is -2.88. The topological polar surface area (TPSA) is 110 Å². The van der Waals surface area contributed by atoms with Crippen LogP contribution in [0.4, 0.5) is 0 Å². The minimum absolute atomic E-state index is 0.0133. The molecular formula is C11H12ClNO6S. The number of esters is 1. The van der Waals surface area contributed by atoms with Crippen LogP contribution < -0.4 is 4.72 Å². The van der Waals surface area contributed by atoms with Gasteiger partial charge in [0, 0.05) is 0 Å². The predicted octanol–water partition coefficient (Wildman–Crippen LogP) is 0.878. The van der Waals surface area contributed by atoms with Gasteiger partial charge < -0.3 is 9.84 Å². The Balaban J connectivity index is 3.12. The van der Waals surface area contributed by atoms with Crippen LogP contribution in [0, 0.1) is 0 Å². The molecule has 1 aromatic rings. The fraction of sp³-hybridized carbons (Fsp3) is 0.273. The van der Waals surface area contributed by atoms with Crippen molar-refractivity contribution in [3.63, 3.8) is 0 Å². The standard InChI is InChI=1S/C11H12ClNO6S/c1-6(10(14)15)13-20(17,18)7-3-4-8(9(12)5-7)11(16)19-2/h3-6,13H,1-2H3,(H,14,15). The molecule has 9 heteroatoms. The Kier molecular flexibility index (Phi) is 5.09. The number of methoxy groups -OCH3 is 1. The van der Waals surface area contributed by atoms with E-state index in [0.717, 1.165) is 12.1 Å². The smallest absolute Gasteiger partial charge is 0.339 e. The van der Waals surface area contributed by atoms with E-state index in [-0.39, 0.29) is 15.5 Å². The largest absolute Gasteiger partial charge is 0.480 e. The summed E-state index contributed by atoms with van der Waals surface area (Å²) in [6, 6.07) is 2.08. The second-order valence-corrected chi connectivity index (χ2v) is 5.94. The van der Waals surface area contributed by atoms with Gasteiger partial charge in [-0.05, 0) is 25.1 Å². The molecule has 0 saturated carbocycles. The van der Waals surface area contributed by atoms with E-state index in [2.05, 4.69) is 4.74 Å². The Morgan fingerprint density at radius 3 is 2.45 bits per heavy atom. The maximum atomic E-state index is 11.9. The third kappa shape index (κ3) is 3.69. The van der Waals surface area contributed by atoms with Crippen LogP contribution in [0.5, 0.6) is 0 Å². The van der Waals surface area contributed by atoms with Gasteiger partial charge in [-0.3, -0.25) is 4.79 Å². The Morgan fingerprint density at radius 2 is 2.00 bits per heavy atom. The number of carboxylic acid groups (broad SMARTS) is 1. The first-order valence-corrected chi connectivity index (χ1v) is 7.18. The number of ether oxygens (including phenoxy) is 1. The average molecular weight is 322 g/mol. The van der Waals surface area contributed by atoms with E-state index >= 15 is 0 Å². The van der Waals surface area contributed by atoms with E-state index in [0.29, 0.717) is 0 Å². The molecule has 0 radical (unpaired) electrons. The van der Waals surface area contributed by atoms with Gasteiger partial charge in [-0.2, -0.15) is 4.72 Å². The molecule has 1 unspecified atom stereocenters. The lowest BCUT2D eigenvalue weighted by molar-refractivity contribution is -0.138. The first-order valence-electron chi connectivity index (χ1n) is 5.32. The first kappa shape index (κ1) is 16.4. The monoisotopic (exact) mass is 321 g/mol. The van der Waals surface area contributed by atoms with Gasteiger partial charge in [-0.1, -0.05) is 11.6 Å². The average Bonchev–Trinajstić information content (AvgIpc) is 2.37. The van der Waals surface area contributed by atoms with Crippen molar-refractivity contribution in [1.29, 1.82) is 0 Å². The molecule has 0 amide bonds. The van der Waals surface area contributed by atoms with Gasteiger partial charge in [-0.25, -0.2) is 13.2 Å². The lowest BCUT2D eigenvalue weighted by Crippen LogP contribution is -2.38. The number of rotatable bonds is 5. The van der Waals surface area contributed by atoms with Crippen molar-refractivity contribution >= 4 is 33.6 Å². The van der Waals surface area contributed by atoms with E-state index < -0.39 is 28.0 Å². The number of carbonyl (C=O) groups is 2. The fourth-order valence-electron chi connectivity index (χ4n) is 1.29. The van der Waals surface area contributed by atoms with Crippen LogP contribution in [0.15, 0.2) is 23.1 Å². The fourth-order valence-corrected chi connectivity index (χ4v) is 2.83. The summed E-state index contributed by atoms with van der Waals surface area (Å²) in [5, 5.41) is 8.57. The van der Waals surface area contributed by atoms with Gasteiger partial charge >= 0.3 is 11.9 Å². The normalized spacial score (nSPS) is 12.8. The number of nitrogens with one attached hydrogen (secondary N) is 1. The Morgan fingerprint density at radius 1 is 1.40 bits per heavy atom. The highest BCUT2D eigenvalue weighted by atomic mass is 35.5. The van der Waals surface area contributed by atoms with Crippen LogP contribution in [-0.2, 0) is 19.6 Å². The SMILES string of the molecule is COC(=O)c1ccc(S(=O)(=O)NC(C)C(=O)O)cc1Cl. The van der Waals surface area contributed by atoms with Crippen molar-refractivity contribution in [2.45, 2.75) is 17.9 Å². The quantitative estimate of drug-likeness (QED) is 0.779.